The second kappa shape index (κ2) is 4.61. The molecule has 0 aliphatic carbocycles. The Hall–Kier alpha value is -2.56. The van der Waals surface area contributed by atoms with Crippen LogP contribution in [0, 0.1) is 0 Å². The summed E-state index contributed by atoms with van der Waals surface area (Å²) in [7, 11) is 1.94. The summed E-state index contributed by atoms with van der Waals surface area (Å²) in [5, 5.41) is 10.7. The number of fused-ring (bicyclic) bond motifs is 1. The molecule has 0 bridgehead atoms. The van der Waals surface area contributed by atoms with E-state index < -0.39 is 0 Å². The summed E-state index contributed by atoms with van der Waals surface area (Å²) in [6.45, 7) is 0. The Bertz CT molecular complexity index is 726. The van der Waals surface area contributed by atoms with Crippen molar-refractivity contribution in [3.05, 3.63) is 48.4 Å². The molecule has 0 spiro atoms. The number of hydrogen-bond donors (Lipinski definition) is 2. The summed E-state index contributed by atoms with van der Waals surface area (Å²) >= 11 is 0. The van der Waals surface area contributed by atoms with Crippen LogP contribution in [0.3, 0.4) is 0 Å². The van der Waals surface area contributed by atoms with Gasteiger partial charge in [-0.1, -0.05) is 0 Å². The van der Waals surface area contributed by atoms with Crippen LogP contribution in [0.5, 0.6) is 0 Å². The molecule has 0 saturated carbocycles. The van der Waals surface area contributed by atoms with Gasteiger partial charge in [0.15, 0.2) is 0 Å². The van der Waals surface area contributed by atoms with Gasteiger partial charge in [-0.2, -0.15) is 5.10 Å². The third-order valence-corrected chi connectivity index (χ3v) is 2.98. The summed E-state index contributed by atoms with van der Waals surface area (Å²) in [4.78, 5) is 11.9. The van der Waals surface area contributed by atoms with Crippen LogP contribution in [-0.2, 0) is 18.3 Å². The number of nitrogens with one attached hydrogen (secondary N) is 2. The summed E-state index contributed by atoms with van der Waals surface area (Å²) in [6, 6.07) is 7.63. The van der Waals surface area contributed by atoms with Gasteiger partial charge in [-0.25, -0.2) is 0 Å². The van der Waals surface area contributed by atoms with Crippen molar-refractivity contribution in [2.24, 2.45) is 7.05 Å². The third kappa shape index (κ3) is 2.49. The number of H-pyrrole nitrogens is 1. The molecule has 3 rings (SSSR count). The molecule has 0 aliphatic rings. The largest absolute Gasteiger partial charge is 0.357 e. The number of aromatic nitrogens is 3. The smallest absolute Gasteiger partial charge is 0.228 e. The van der Waals surface area contributed by atoms with E-state index in [2.05, 4.69) is 15.5 Å². The van der Waals surface area contributed by atoms with Gasteiger partial charge in [0.25, 0.3) is 0 Å². The van der Waals surface area contributed by atoms with Gasteiger partial charge in [0.1, 0.15) is 0 Å². The van der Waals surface area contributed by atoms with Crippen molar-refractivity contribution in [3.8, 4) is 0 Å². The Morgan fingerprint density at radius 1 is 1.42 bits per heavy atom. The minimum atomic E-state index is -0.0231. The van der Waals surface area contributed by atoms with Crippen molar-refractivity contribution >= 4 is 22.5 Å². The van der Waals surface area contributed by atoms with Crippen LogP contribution in [0.15, 0.2) is 42.9 Å². The van der Waals surface area contributed by atoms with E-state index in [1.54, 1.807) is 6.20 Å². The van der Waals surface area contributed by atoms with E-state index in [0.717, 1.165) is 22.2 Å². The van der Waals surface area contributed by atoms with Crippen LogP contribution in [0.2, 0.25) is 0 Å². The normalized spacial score (nSPS) is 10.8. The number of benzene rings is 1. The van der Waals surface area contributed by atoms with Gasteiger partial charge in [0, 0.05) is 30.5 Å². The Kier molecular flexibility index (Phi) is 2.79. The molecule has 2 heterocycles. The van der Waals surface area contributed by atoms with Crippen LogP contribution < -0.4 is 5.32 Å². The zero-order valence-electron chi connectivity index (χ0n) is 10.6. The summed E-state index contributed by atoms with van der Waals surface area (Å²) in [5.41, 5.74) is 2.69. The highest BCUT2D eigenvalue weighted by molar-refractivity contribution is 5.94. The molecular formula is C14H14N4O. The number of hydrogen-bond acceptors (Lipinski definition) is 2. The summed E-state index contributed by atoms with van der Waals surface area (Å²) in [5.74, 6) is -0.0231. The van der Waals surface area contributed by atoms with E-state index in [0.29, 0.717) is 6.42 Å². The molecule has 0 aliphatic heterocycles. The first kappa shape index (κ1) is 11.5. The van der Waals surface area contributed by atoms with E-state index >= 15 is 0 Å². The molecule has 5 heteroatoms. The first-order valence-electron chi connectivity index (χ1n) is 6.04. The number of aryl methyl sites for hydroxylation is 1. The fraction of sp³-hybridized carbons (Fsp3) is 0.143. The van der Waals surface area contributed by atoms with Gasteiger partial charge in [-0.3, -0.25) is 9.89 Å². The minimum absolute atomic E-state index is 0.0231. The van der Waals surface area contributed by atoms with Crippen molar-refractivity contribution in [2.75, 3.05) is 5.32 Å². The average Bonchev–Trinajstić information content (AvgIpc) is 2.97. The van der Waals surface area contributed by atoms with Gasteiger partial charge in [-0.15, -0.1) is 0 Å². The minimum Gasteiger partial charge on any atom is -0.357 e. The maximum absolute atomic E-state index is 11.9. The van der Waals surface area contributed by atoms with Crippen LogP contribution in [0.4, 0.5) is 5.69 Å². The van der Waals surface area contributed by atoms with Gasteiger partial charge < -0.3 is 9.88 Å². The molecule has 0 unspecified atom stereocenters. The standard InChI is InChI=1S/C14H14N4O/c1-18-5-4-10(9-18)6-14(19)16-12-3-2-11-8-15-17-13(11)7-12/h2-5,7-9H,6H2,1H3,(H,15,17)(H,16,19). The number of amides is 1. The highest BCUT2D eigenvalue weighted by Gasteiger charge is 2.06. The molecular weight excluding hydrogens is 240 g/mol. The number of aromatic amines is 1. The van der Waals surface area contributed by atoms with Crippen molar-refractivity contribution in [2.45, 2.75) is 6.42 Å². The van der Waals surface area contributed by atoms with Crippen LogP contribution in [0.1, 0.15) is 5.56 Å². The molecule has 0 atom stereocenters. The zero-order valence-corrected chi connectivity index (χ0v) is 10.6. The number of nitrogens with zero attached hydrogens (tertiary/aromatic N) is 2. The van der Waals surface area contributed by atoms with Crippen molar-refractivity contribution in [1.29, 1.82) is 0 Å². The predicted octanol–water partition coefficient (Wildman–Crippen LogP) is 2.08. The van der Waals surface area contributed by atoms with Crippen molar-refractivity contribution in [3.63, 3.8) is 0 Å². The topological polar surface area (TPSA) is 62.7 Å². The van der Waals surface area contributed by atoms with E-state index in [4.69, 9.17) is 0 Å². The molecule has 1 amide bonds. The Labute approximate surface area is 110 Å². The summed E-state index contributed by atoms with van der Waals surface area (Å²) in [6.07, 6.45) is 6.00. The number of carbonyl (C=O) groups is 1. The quantitative estimate of drug-likeness (QED) is 0.751. The number of carbonyl (C=O) groups excluding carboxylic acids is 1. The zero-order chi connectivity index (χ0) is 13.2. The first-order valence-corrected chi connectivity index (χ1v) is 6.04. The molecule has 0 radical (unpaired) electrons. The van der Waals surface area contributed by atoms with Crippen molar-refractivity contribution < 1.29 is 4.79 Å². The van der Waals surface area contributed by atoms with Gasteiger partial charge in [0.05, 0.1) is 18.1 Å². The lowest BCUT2D eigenvalue weighted by atomic mass is 10.2. The maximum atomic E-state index is 11.9. The fourth-order valence-electron chi connectivity index (χ4n) is 2.07. The van der Waals surface area contributed by atoms with Gasteiger partial charge in [0.2, 0.25) is 5.91 Å². The van der Waals surface area contributed by atoms with E-state index in [1.165, 1.54) is 0 Å². The van der Waals surface area contributed by atoms with Crippen LogP contribution >= 0.6 is 0 Å². The van der Waals surface area contributed by atoms with Crippen molar-refractivity contribution in [1.82, 2.24) is 14.8 Å². The molecule has 96 valence electrons. The molecule has 2 N–H and O–H groups in total. The lowest BCUT2D eigenvalue weighted by Gasteiger charge is -2.04. The molecule has 1 aromatic carbocycles. The summed E-state index contributed by atoms with van der Waals surface area (Å²) < 4.78 is 1.93. The molecule has 0 fully saturated rings. The predicted molar refractivity (Wildman–Crippen MR) is 73.8 cm³/mol. The molecule has 5 nitrogen and oxygen atoms in total. The van der Waals surface area contributed by atoms with Crippen LogP contribution in [-0.4, -0.2) is 20.7 Å². The second-order valence-electron chi connectivity index (χ2n) is 4.58. The Balaban J connectivity index is 1.71. The highest BCUT2D eigenvalue weighted by Crippen LogP contribution is 2.16. The lowest BCUT2D eigenvalue weighted by molar-refractivity contribution is -0.115. The van der Waals surface area contributed by atoms with E-state index in [9.17, 15) is 4.79 Å². The molecule has 0 saturated heterocycles. The van der Waals surface area contributed by atoms with E-state index in [-0.39, 0.29) is 5.91 Å². The van der Waals surface area contributed by atoms with Gasteiger partial charge in [-0.05, 0) is 29.8 Å². The lowest BCUT2D eigenvalue weighted by Crippen LogP contribution is -2.13. The Morgan fingerprint density at radius 2 is 2.32 bits per heavy atom. The molecule has 2 aromatic heterocycles. The second-order valence-corrected chi connectivity index (χ2v) is 4.58. The molecule has 3 aromatic rings. The van der Waals surface area contributed by atoms with E-state index in [1.807, 2.05) is 48.3 Å². The number of anilines is 1. The highest BCUT2D eigenvalue weighted by atomic mass is 16.1. The van der Waals surface area contributed by atoms with Crippen LogP contribution in [0.25, 0.3) is 10.9 Å². The first-order chi connectivity index (χ1) is 9.20. The average molecular weight is 254 g/mol. The fourth-order valence-corrected chi connectivity index (χ4v) is 2.07. The third-order valence-electron chi connectivity index (χ3n) is 2.98. The monoisotopic (exact) mass is 254 g/mol. The van der Waals surface area contributed by atoms with Gasteiger partial charge >= 0.3 is 0 Å². The SMILES string of the molecule is Cn1ccc(CC(=O)Nc2ccc3cn[nH]c3c2)c1. The Morgan fingerprint density at radius 3 is 3.11 bits per heavy atom. The maximum Gasteiger partial charge on any atom is 0.228 e. The molecule has 19 heavy (non-hydrogen) atoms. The number of rotatable bonds is 3.